The Morgan fingerprint density at radius 3 is 2.43 bits per heavy atom. The molecule has 2 aromatic heterocycles. The highest BCUT2D eigenvalue weighted by molar-refractivity contribution is 7.93. The van der Waals surface area contributed by atoms with E-state index >= 15 is 0 Å². The van der Waals surface area contributed by atoms with Gasteiger partial charge in [-0.3, -0.25) is 9.71 Å². The molecule has 4 rings (SSSR count). The topological polar surface area (TPSA) is 113 Å². The van der Waals surface area contributed by atoms with Gasteiger partial charge < -0.3 is 18.9 Å². The second-order valence-corrected chi connectivity index (χ2v) is 9.56. The van der Waals surface area contributed by atoms with E-state index in [4.69, 9.17) is 14.2 Å². The van der Waals surface area contributed by atoms with Crippen molar-refractivity contribution in [1.82, 2.24) is 4.98 Å². The molecule has 12 heteroatoms. The minimum atomic E-state index is -4.25. The van der Waals surface area contributed by atoms with E-state index in [2.05, 4.69) is 14.4 Å². The van der Waals surface area contributed by atoms with E-state index in [0.29, 0.717) is 28.2 Å². The van der Waals surface area contributed by atoms with Crippen LogP contribution in [0.3, 0.4) is 0 Å². The SMILES string of the molecule is COC(=O)c1sccc1S(=O)(=O)Nc1ccc(Oc2ccnc3cc(OC)c(OC)cc23)cc1F. The standard InChI is InChI=1S/C23H19FN2O7S2/c1-30-19-11-14-17(12-20(19)31-2)25-8-6-18(14)33-13-4-5-16(15(24)10-13)26-35(28,29)21-7-9-34-22(21)23(27)32-3/h4-12,26H,1-3H3. The van der Waals surface area contributed by atoms with Gasteiger partial charge in [0, 0.05) is 23.7 Å². The fourth-order valence-electron chi connectivity index (χ4n) is 3.26. The first-order valence-corrected chi connectivity index (χ1v) is 12.3. The lowest BCUT2D eigenvalue weighted by atomic mass is 10.2. The molecule has 0 aliphatic rings. The third-order valence-corrected chi connectivity index (χ3v) is 7.34. The summed E-state index contributed by atoms with van der Waals surface area (Å²) in [5, 5.41) is 2.03. The summed E-state index contributed by atoms with van der Waals surface area (Å²) in [7, 11) is -0.0956. The predicted molar refractivity (Wildman–Crippen MR) is 128 cm³/mol. The number of methoxy groups -OCH3 is 3. The fourth-order valence-corrected chi connectivity index (χ4v) is 5.66. The second kappa shape index (κ2) is 9.76. The van der Waals surface area contributed by atoms with Crippen LogP contribution in [0, 0.1) is 5.82 Å². The number of carbonyl (C=O) groups excluding carboxylic acids is 1. The zero-order chi connectivity index (χ0) is 25.2. The maximum absolute atomic E-state index is 14.8. The first kappa shape index (κ1) is 24.2. The monoisotopic (exact) mass is 518 g/mol. The fraction of sp³-hybridized carbons (Fsp3) is 0.130. The Hall–Kier alpha value is -3.90. The van der Waals surface area contributed by atoms with Gasteiger partial charge in [0.1, 0.15) is 21.3 Å². The number of rotatable bonds is 8. The largest absolute Gasteiger partial charge is 0.493 e. The van der Waals surface area contributed by atoms with Crippen LogP contribution in [0.4, 0.5) is 10.1 Å². The molecule has 0 aliphatic heterocycles. The van der Waals surface area contributed by atoms with Crippen molar-refractivity contribution in [2.45, 2.75) is 4.90 Å². The minimum Gasteiger partial charge on any atom is -0.493 e. The molecule has 9 nitrogen and oxygen atoms in total. The van der Waals surface area contributed by atoms with Crippen molar-refractivity contribution < 1.29 is 36.6 Å². The van der Waals surface area contributed by atoms with Crippen LogP contribution in [0.5, 0.6) is 23.0 Å². The lowest BCUT2D eigenvalue weighted by molar-refractivity contribution is 0.0602. The number of anilines is 1. The third-order valence-electron chi connectivity index (χ3n) is 4.91. The number of benzene rings is 2. The van der Waals surface area contributed by atoms with Crippen LogP contribution >= 0.6 is 11.3 Å². The predicted octanol–water partition coefficient (Wildman–Crippen LogP) is 4.83. The van der Waals surface area contributed by atoms with Crippen molar-refractivity contribution in [3.05, 3.63) is 64.7 Å². The number of halogens is 1. The molecule has 0 bridgehead atoms. The third kappa shape index (κ3) is 4.84. The molecule has 0 amide bonds. The number of hydrogen-bond acceptors (Lipinski definition) is 9. The molecule has 0 atom stereocenters. The first-order chi connectivity index (χ1) is 16.8. The van der Waals surface area contributed by atoms with E-state index in [-0.39, 0.29) is 21.2 Å². The number of ether oxygens (including phenoxy) is 4. The average molecular weight is 519 g/mol. The molecule has 0 unspecified atom stereocenters. The van der Waals surface area contributed by atoms with Crippen molar-refractivity contribution in [2.24, 2.45) is 0 Å². The maximum atomic E-state index is 14.8. The Kier molecular flexibility index (Phi) is 6.76. The van der Waals surface area contributed by atoms with Crippen molar-refractivity contribution in [3.8, 4) is 23.0 Å². The molecule has 2 aromatic carbocycles. The number of fused-ring (bicyclic) bond motifs is 1. The summed E-state index contributed by atoms with van der Waals surface area (Å²) < 4.78 is 63.6. The molecule has 0 aliphatic carbocycles. The van der Waals surface area contributed by atoms with Gasteiger partial charge in [-0.15, -0.1) is 11.3 Å². The number of nitrogens with zero attached hydrogens (tertiary/aromatic N) is 1. The number of pyridine rings is 1. The lowest BCUT2D eigenvalue weighted by Gasteiger charge is -2.13. The molecule has 182 valence electrons. The van der Waals surface area contributed by atoms with Gasteiger partial charge in [-0.2, -0.15) is 0 Å². The van der Waals surface area contributed by atoms with Gasteiger partial charge in [0.2, 0.25) is 0 Å². The highest BCUT2D eigenvalue weighted by Crippen LogP contribution is 2.37. The van der Waals surface area contributed by atoms with E-state index in [1.54, 1.807) is 18.2 Å². The molecule has 0 spiro atoms. The summed E-state index contributed by atoms with van der Waals surface area (Å²) in [6.45, 7) is 0. The van der Waals surface area contributed by atoms with Crippen molar-refractivity contribution >= 4 is 43.9 Å². The van der Waals surface area contributed by atoms with Gasteiger partial charge in [0.15, 0.2) is 17.3 Å². The Morgan fingerprint density at radius 2 is 1.74 bits per heavy atom. The molecule has 1 N–H and O–H groups in total. The Bertz CT molecular complexity index is 1520. The van der Waals surface area contributed by atoms with Crippen molar-refractivity contribution in [3.63, 3.8) is 0 Å². The highest BCUT2D eigenvalue weighted by atomic mass is 32.2. The van der Waals surface area contributed by atoms with Crippen LogP contribution in [-0.2, 0) is 14.8 Å². The van der Waals surface area contributed by atoms with Crippen LogP contribution in [-0.4, -0.2) is 40.7 Å². The van der Waals surface area contributed by atoms with Gasteiger partial charge >= 0.3 is 5.97 Å². The van der Waals surface area contributed by atoms with Crippen molar-refractivity contribution in [2.75, 3.05) is 26.1 Å². The van der Waals surface area contributed by atoms with Crippen LogP contribution in [0.2, 0.25) is 0 Å². The highest BCUT2D eigenvalue weighted by Gasteiger charge is 2.25. The molecular formula is C23H19FN2O7S2. The smallest absolute Gasteiger partial charge is 0.349 e. The second-order valence-electron chi connectivity index (χ2n) is 6.99. The average Bonchev–Trinajstić information content (AvgIpc) is 3.36. The summed E-state index contributed by atoms with van der Waals surface area (Å²) in [4.78, 5) is 15.7. The Balaban J connectivity index is 1.62. The molecule has 4 aromatic rings. The quantitative estimate of drug-likeness (QED) is 0.330. The first-order valence-electron chi connectivity index (χ1n) is 9.94. The van der Waals surface area contributed by atoms with Crippen LogP contribution in [0.15, 0.2) is 58.9 Å². The van der Waals surface area contributed by atoms with Gasteiger partial charge in [-0.05, 0) is 35.7 Å². The number of carbonyl (C=O) groups is 1. The number of sulfonamides is 1. The van der Waals surface area contributed by atoms with E-state index in [1.807, 2.05) is 0 Å². The van der Waals surface area contributed by atoms with E-state index in [1.165, 1.54) is 44.0 Å². The summed E-state index contributed by atoms with van der Waals surface area (Å²) in [6.07, 6.45) is 1.53. The molecular weight excluding hydrogens is 499 g/mol. The summed E-state index contributed by atoms with van der Waals surface area (Å²) >= 11 is 0.904. The summed E-state index contributed by atoms with van der Waals surface area (Å²) in [5.41, 5.74) is 0.257. The maximum Gasteiger partial charge on any atom is 0.349 e. The minimum absolute atomic E-state index is 0.114. The molecule has 35 heavy (non-hydrogen) atoms. The molecule has 0 fully saturated rings. The normalized spacial score (nSPS) is 11.2. The Labute approximate surface area is 204 Å². The molecule has 0 saturated carbocycles. The number of hydrogen-bond donors (Lipinski definition) is 1. The lowest BCUT2D eigenvalue weighted by Crippen LogP contribution is -2.16. The zero-order valence-electron chi connectivity index (χ0n) is 18.7. The van der Waals surface area contributed by atoms with Gasteiger partial charge in [0.05, 0.1) is 32.5 Å². The van der Waals surface area contributed by atoms with Crippen molar-refractivity contribution in [1.29, 1.82) is 0 Å². The summed E-state index contributed by atoms with van der Waals surface area (Å²) in [6, 6.07) is 9.89. The Morgan fingerprint density at radius 1 is 1.00 bits per heavy atom. The van der Waals surface area contributed by atoms with Crippen LogP contribution in [0.1, 0.15) is 9.67 Å². The molecule has 0 saturated heterocycles. The summed E-state index contributed by atoms with van der Waals surface area (Å²) in [5.74, 6) is -0.216. The van der Waals surface area contributed by atoms with Crippen LogP contribution < -0.4 is 18.9 Å². The number of thiophene rings is 1. The van der Waals surface area contributed by atoms with E-state index < -0.39 is 21.8 Å². The van der Waals surface area contributed by atoms with E-state index in [0.717, 1.165) is 24.5 Å². The van der Waals surface area contributed by atoms with Crippen LogP contribution in [0.25, 0.3) is 10.9 Å². The van der Waals surface area contributed by atoms with Gasteiger partial charge in [0.25, 0.3) is 10.0 Å². The number of aromatic nitrogens is 1. The number of nitrogens with one attached hydrogen (secondary N) is 1. The zero-order valence-corrected chi connectivity index (χ0v) is 20.3. The molecule has 2 heterocycles. The van der Waals surface area contributed by atoms with E-state index in [9.17, 15) is 17.6 Å². The van der Waals surface area contributed by atoms with Gasteiger partial charge in [-0.1, -0.05) is 0 Å². The van der Waals surface area contributed by atoms with Gasteiger partial charge in [-0.25, -0.2) is 17.6 Å². The molecule has 0 radical (unpaired) electrons. The number of esters is 1.